The number of benzene rings is 1. The lowest BCUT2D eigenvalue weighted by molar-refractivity contribution is -0.302. The average molecular weight is 592 g/mol. The Hall–Kier alpha value is -2.50. The van der Waals surface area contributed by atoms with Crippen molar-refractivity contribution in [1.29, 1.82) is 0 Å². The maximum atomic E-state index is 12.8. The van der Waals surface area contributed by atoms with E-state index in [1.807, 2.05) is 6.08 Å². The van der Waals surface area contributed by atoms with Crippen LogP contribution in [0.15, 0.2) is 47.6 Å². The van der Waals surface area contributed by atoms with Gasteiger partial charge in [0.1, 0.15) is 36.6 Å². The Morgan fingerprint density at radius 2 is 1.60 bits per heavy atom. The first-order valence-electron chi connectivity index (χ1n) is 15.3. The van der Waals surface area contributed by atoms with Crippen LogP contribution in [-0.2, 0) is 14.2 Å². The minimum Gasteiger partial charge on any atom is -0.454 e. The number of ether oxygens (including phenoxy) is 3. The minimum absolute atomic E-state index is 0.329. The van der Waals surface area contributed by atoms with Crippen LogP contribution < -0.4 is 0 Å². The molecule has 1 heterocycles. The number of aliphatic hydroxyl groups excluding tert-OH is 4. The van der Waals surface area contributed by atoms with Gasteiger partial charge in [0.25, 0.3) is 0 Å². The molecule has 7 atom stereocenters. The van der Waals surface area contributed by atoms with Crippen LogP contribution >= 0.6 is 0 Å². The SMILES string of the molecule is CCCCCCCCCCCCC/C=C/[C@@H](OC(=O)c1ccccc1)[C@H](CO[C@H]1O[C@H](CO)[C@@H](O)[C@H](O)[C@H]1O)N=[N+]=[N-]. The quantitative estimate of drug-likeness (QED) is 0.0387. The summed E-state index contributed by atoms with van der Waals surface area (Å²) in [5.41, 5.74) is 9.55. The fourth-order valence-corrected chi connectivity index (χ4v) is 4.83. The van der Waals surface area contributed by atoms with E-state index in [0.717, 1.165) is 19.3 Å². The van der Waals surface area contributed by atoms with Gasteiger partial charge in [0.15, 0.2) is 6.29 Å². The molecule has 0 bridgehead atoms. The molecule has 0 aliphatic carbocycles. The van der Waals surface area contributed by atoms with Gasteiger partial charge < -0.3 is 34.6 Å². The van der Waals surface area contributed by atoms with Crippen LogP contribution in [0.3, 0.4) is 0 Å². The number of aliphatic hydroxyl groups is 4. The zero-order chi connectivity index (χ0) is 30.6. The molecule has 1 aromatic rings. The van der Waals surface area contributed by atoms with Crippen molar-refractivity contribution in [3.05, 3.63) is 58.5 Å². The number of carbonyl (C=O) groups excluding carboxylic acids is 1. The van der Waals surface area contributed by atoms with E-state index >= 15 is 0 Å². The van der Waals surface area contributed by atoms with E-state index in [4.69, 9.17) is 14.2 Å². The van der Waals surface area contributed by atoms with E-state index in [2.05, 4.69) is 16.9 Å². The predicted octanol–water partition coefficient (Wildman–Crippen LogP) is 4.96. The second-order valence-corrected chi connectivity index (χ2v) is 10.8. The summed E-state index contributed by atoms with van der Waals surface area (Å²) < 4.78 is 16.7. The van der Waals surface area contributed by atoms with Crippen LogP contribution in [0, 0.1) is 0 Å². The summed E-state index contributed by atoms with van der Waals surface area (Å²) in [4.78, 5) is 15.7. The Morgan fingerprint density at radius 3 is 2.19 bits per heavy atom. The standard InChI is InChI=1S/C31H49N3O8/c1-2-3-4-5-6-7-8-9-10-11-12-13-17-20-25(41-30(39)23-18-15-14-16-19-23)24(33-34-32)22-40-31-29(38)28(37)27(36)26(21-35)42-31/h14-20,24-29,31,35-38H,2-13,21-22H2,1H3/b20-17+/t24-,25+,26+,27+,28-,29+,31-/m0/s1. The van der Waals surface area contributed by atoms with Gasteiger partial charge in [-0.1, -0.05) is 101 Å². The number of azide groups is 1. The Balaban J connectivity index is 1.93. The normalized spacial score (nSPS) is 23.8. The van der Waals surface area contributed by atoms with Crippen LogP contribution in [0.5, 0.6) is 0 Å². The molecule has 0 amide bonds. The molecule has 0 radical (unpaired) electrons. The summed E-state index contributed by atoms with van der Waals surface area (Å²) in [5.74, 6) is -0.606. The van der Waals surface area contributed by atoms with Gasteiger partial charge in [-0.3, -0.25) is 0 Å². The topological polar surface area (TPSA) is 174 Å². The molecule has 1 aliphatic heterocycles. The maximum Gasteiger partial charge on any atom is 0.338 e. The van der Waals surface area contributed by atoms with E-state index < -0.39 is 55.4 Å². The molecule has 42 heavy (non-hydrogen) atoms. The van der Waals surface area contributed by atoms with Crippen molar-refractivity contribution in [2.75, 3.05) is 13.2 Å². The van der Waals surface area contributed by atoms with Gasteiger partial charge >= 0.3 is 5.97 Å². The summed E-state index contributed by atoms with van der Waals surface area (Å²) in [6.45, 7) is 1.29. The lowest BCUT2D eigenvalue weighted by Crippen LogP contribution is -2.59. The van der Waals surface area contributed by atoms with Crippen molar-refractivity contribution in [2.45, 2.75) is 127 Å². The average Bonchev–Trinajstić information content (AvgIpc) is 3.01. The molecule has 0 unspecified atom stereocenters. The fourth-order valence-electron chi connectivity index (χ4n) is 4.83. The highest BCUT2D eigenvalue weighted by molar-refractivity contribution is 5.89. The molecular formula is C31H49N3O8. The Morgan fingerprint density at radius 1 is 0.976 bits per heavy atom. The number of allylic oxidation sites excluding steroid dienone is 1. The van der Waals surface area contributed by atoms with Crippen molar-refractivity contribution in [3.63, 3.8) is 0 Å². The molecule has 0 spiro atoms. The number of hydrogen-bond donors (Lipinski definition) is 4. The maximum absolute atomic E-state index is 12.8. The molecule has 0 aromatic heterocycles. The number of rotatable bonds is 21. The second-order valence-electron chi connectivity index (χ2n) is 10.8. The Labute approximate surface area is 249 Å². The van der Waals surface area contributed by atoms with Crippen LogP contribution in [-0.4, -0.2) is 82.5 Å². The number of unbranched alkanes of at least 4 members (excludes halogenated alkanes) is 11. The van der Waals surface area contributed by atoms with Crippen molar-refractivity contribution < 1.29 is 39.4 Å². The van der Waals surface area contributed by atoms with E-state index in [-0.39, 0.29) is 6.61 Å². The molecular weight excluding hydrogens is 542 g/mol. The van der Waals surface area contributed by atoms with Gasteiger partial charge in [-0.25, -0.2) is 4.79 Å². The van der Waals surface area contributed by atoms with Crippen molar-refractivity contribution in [2.24, 2.45) is 5.11 Å². The third-order valence-corrected chi connectivity index (χ3v) is 7.41. The lowest BCUT2D eigenvalue weighted by Gasteiger charge is -2.40. The smallest absolute Gasteiger partial charge is 0.338 e. The van der Waals surface area contributed by atoms with E-state index in [0.29, 0.717) is 5.56 Å². The molecule has 1 saturated heterocycles. The number of carbonyl (C=O) groups is 1. The summed E-state index contributed by atoms with van der Waals surface area (Å²) in [7, 11) is 0. The zero-order valence-electron chi connectivity index (χ0n) is 24.7. The van der Waals surface area contributed by atoms with Crippen molar-refractivity contribution in [3.8, 4) is 0 Å². The highest BCUT2D eigenvalue weighted by Gasteiger charge is 2.44. The van der Waals surface area contributed by atoms with Gasteiger partial charge in [-0.05, 0) is 36.6 Å². The van der Waals surface area contributed by atoms with Gasteiger partial charge in [0.05, 0.1) is 18.8 Å². The molecule has 11 heteroatoms. The molecule has 11 nitrogen and oxygen atoms in total. The number of esters is 1. The van der Waals surface area contributed by atoms with Crippen LogP contribution in [0.1, 0.15) is 94.3 Å². The van der Waals surface area contributed by atoms with Crippen molar-refractivity contribution in [1.82, 2.24) is 0 Å². The first kappa shape index (κ1) is 35.7. The van der Waals surface area contributed by atoms with Gasteiger partial charge in [0.2, 0.25) is 0 Å². The first-order valence-corrected chi connectivity index (χ1v) is 15.3. The first-order chi connectivity index (χ1) is 20.4. The van der Waals surface area contributed by atoms with Gasteiger partial charge in [0, 0.05) is 4.91 Å². The molecule has 0 saturated carbocycles. The molecule has 1 fully saturated rings. The Kier molecular flexibility index (Phi) is 18.0. The fraction of sp³-hybridized carbons (Fsp3) is 0.710. The highest BCUT2D eigenvalue weighted by Crippen LogP contribution is 2.23. The summed E-state index contributed by atoms with van der Waals surface area (Å²) in [6.07, 6.45) is 9.63. The highest BCUT2D eigenvalue weighted by atomic mass is 16.7. The van der Waals surface area contributed by atoms with Crippen LogP contribution in [0.4, 0.5) is 0 Å². The predicted molar refractivity (Wildman–Crippen MR) is 159 cm³/mol. The summed E-state index contributed by atoms with van der Waals surface area (Å²) in [6, 6.07) is 7.40. The summed E-state index contributed by atoms with van der Waals surface area (Å²) >= 11 is 0. The van der Waals surface area contributed by atoms with E-state index in [9.17, 15) is 30.8 Å². The molecule has 2 rings (SSSR count). The number of nitrogens with zero attached hydrogens (tertiary/aromatic N) is 3. The Bertz CT molecular complexity index is 941. The molecule has 1 aliphatic rings. The van der Waals surface area contributed by atoms with Crippen LogP contribution in [0.25, 0.3) is 10.4 Å². The number of hydrogen-bond acceptors (Lipinski definition) is 9. The molecule has 236 valence electrons. The minimum atomic E-state index is -1.61. The third-order valence-electron chi connectivity index (χ3n) is 7.41. The van der Waals surface area contributed by atoms with Crippen molar-refractivity contribution >= 4 is 5.97 Å². The van der Waals surface area contributed by atoms with E-state index in [1.165, 1.54) is 57.8 Å². The molecule has 4 N–H and O–H groups in total. The largest absolute Gasteiger partial charge is 0.454 e. The third kappa shape index (κ3) is 12.8. The van der Waals surface area contributed by atoms with Gasteiger partial charge in [-0.15, -0.1) is 0 Å². The summed E-state index contributed by atoms with van der Waals surface area (Å²) in [5, 5.41) is 43.5. The van der Waals surface area contributed by atoms with E-state index in [1.54, 1.807) is 36.4 Å². The van der Waals surface area contributed by atoms with Gasteiger partial charge in [-0.2, -0.15) is 0 Å². The van der Waals surface area contributed by atoms with Crippen LogP contribution in [0.2, 0.25) is 0 Å². The second kappa shape index (κ2) is 21.2. The monoisotopic (exact) mass is 591 g/mol. The molecule has 1 aromatic carbocycles. The lowest BCUT2D eigenvalue weighted by atomic mass is 9.99. The zero-order valence-corrected chi connectivity index (χ0v) is 24.7.